The Balaban J connectivity index is 1.73. The molecule has 0 spiro atoms. The lowest BCUT2D eigenvalue weighted by Gasteiger charge is -2.33. The second kappa shape index (κ2) is 5.93. The third-order valence-corrected chi connectivity index (χ3v) is 3.60. The highest BCUT2D eigenvalue weighted by atomic mass is 19.3. The predicted octanol–water partition coefficient (Wildman–Crippen LogP) is 0.539. The summed E-state index contributed by atoms with van der Waals surface area (Å²) in [5, 5.41) is 3.24. The van der Waals surface area contributed by atoms with E-state index in [1.165, 1.54) is 4.90 Å². The lowest BCUT2D eigenvalue weighted by atomic mass is 10.1. The number of nitrogens with one attached hydrogen (secondary N) is 1. The molecule has 2 aliphatic heterocycles. The van der Waals surface area contributed by atoms with Gasteiger partial charge in [0.2, 0.25) is 5.91 Å². The summed E-state index contributed by atoms with van der Waals surface area (Å²) in [5.41, 5.74) is 0. The number of carbonyl (C=O) groups excluding carboxylic acids is 1. The van der Waals surface area contributed by atoms with E-state index in [1.807, 2.05) is 0 Å². The minimum atomic E-state index is -2.69. The fraction of sp³-hybridized carbons (Fsp3) is 0.917. The molecule has 104 valence electrons. The molecule has 0 aromatic carbocycles. The van der Waals surface area contributed by atoms with E-state index in [0.717, 1.165) is 26.2 Å². The molecule has 0 saturated carbocycles. The Hall–Kier alpha value is -0.750. The largest absolute Gasteiger partial charge is 0.337 e. The summed E-state index contributed by atoms with van der Waals surface area (Å²) in [7, 11) is 0. The molecule has 0 aromatic rings. The number of halogens is 2. The summed E-state index contributed by atoms with van der Waals surface area (Å²) in [4.78, 5) is 15.4. The van der Waals surface area contributed by atoms with E-state index in [-0.39, 0.29) is 12.3 Å². The van der Waals surface area contributed by atoms with Gasteiger partial charge < -0.3 is 15.1 Å². The summed E-state index contributed by atoms with van der Waals surface area (Å²) in [6.07, 6.45) is 0.678. The van der Waals surface area contributed by atoms with Gasteiger partial charge in [-0.05, 0) is 6.42 Å². The van der Waals surface area contributed by atoms with Gasteiger partial charge >= 0.3 is 0 Å². The van der Waals surface area contributed by atoms with Crippen LogP contribution in [-0.2, 0) is 4.79 Å². The first-order valence-electron chi connectivity index (χ1n) is 6.65. The number of amides is 1. The molecule has 18 heavy (non-hydrogen) atoms. The number of carbonyl (C=O) groups is 1. The number of hydrogen-bond acceptors (Lipinski definition) is 3. The Bertz CT molecular complexity index is 293. The quantitative estimate of drug-likeness (QED) is 0.805. The number of piperidine rings is 1. The first-order valence-corrected chi connectivity index (χ1v) is 6.65. The van der Waals surface area contributed by atoms with Gasteiger partial charge in [-0.1, -0.05) is 0 Å². The van der Waals surface area contributed by atoms with E-state index in [9.17, 15) is 13.6 Å². The predicted molar refractivity (Wildman–Crippen MR) is 64.7 cm³/mol. The molecule has 0 unspecified atom stereocenters. The molecule has 6 heteroatoms. The molecule has 0 aliphatic carbocycles. The molecule has 0 atom stereocenters. The Kier molecular flexibility index (Phi) is 4.50. The summed E-state index contributed by atoms with van der Waals surface area (Å²) in [6, 6.07) is 0. The molecule has 2 aliphatic rings. The van der Waals surface area contributed by atoms with Crippen molar-refractivity contribution in [2.75, 3.05) is 45.8 Å². The van der Waals surface area contributed by atoms with Crippen LogP contribution in [0.15, 0.2) is 0 Å². The molecule has 2 fully saturated rings. The molecular weight excluding hydrogens is 240 g/mol. The Morgan fingerprint density at radius 1 is 1.22 bits per heavy atom. The summed E-state index contributed by atoms with van der Waals surface area (Å²) in [6.45, 7) is 4.52. The Morgan fingerprint density at radius 3 is 2.61 bits per heavy atom. The van der Waals surface area contributed by atoms with Crippen molar-refractivity contribution in [3.8, 4) is 0 Å². The van der Waals surface area contributed by atoms with E-state index in [4.69, 9.17) is 0 Å². The highest BCUT2D eigenvalue weighted by molar-refractivity contribution is 5.76. The van der Waals surface area contributed by atoms with Crippen molar-refractivity contribution < 1.29 is 13.6 Å². The van der Waals surface area contributed by atoms with Crippen LogP contribution in [0.4, 0.5) is 8.78 Å². The number of piperazine rings is 1. The van der Waals surface area contributed by atoms with Gasteiger partial charge in [-0.15, -0.1) is 0 Å². The maximum atomic E-state index is 13.2. The Morgan fingerprint density at radius 2 is 1.94 bits per heavy atom. The van der Waals surface area contributed by atoms with Gasteiger partial charge in [0.05, 0.1) is 6.54 Å². The normalized spacial score (nSPS) is 25.1. The van der Waals surface area contributed by atoms with Gasteiger partial charge in [0, 0.05) is 52.1 Å². The number of rotatable bonds is 3. The number of alkyl halides is 2. The van der Waals surface area contributed by atoms with Crippen molar-refractivity contribution in [1.82, 2.24) is 15.1 Å². The molecule has 1 amide bonds. The summed E-state index contributed by atoms with van der Waals surface area (Å²) in [5.74, 6) is -2.82. The lowest BCUT2D eigenvalue weighted by Crippen LogP contribution is -2.48. The van der Waals surface area contributed by atoms with Crippen molar-refractivity contribution in [3.05, 3.63) is 0 Å². The van der Waals surface area contributed by atoms with Crippen LogP contribution in [0.25, 0.3) is 0 Å². The average Bonchev–Trinajstić information content (AvgIpc) is 2.36. The van der Waals surface area contributed by atoms with Crippen molar-refractivity contribution in [2.45, 2.75) is 25.2 Å². The maximum absolute atomic E-state index is 13.2. The third-order valence-electron chi connectivity index (χ3n) is 3.60. The highest BCUT2D eigenvalue weighted by Crippen LogP contribution is 2.26. The van der Waals surface area contributed by atoms with Crippen molar-refractivity contribution in [1.29, 1.82) is 0 Å². The van der Waals surface area contributed by atoms with E-state index >= 15 is 0 Å². The molecule has 2 heterocycles. The molecule has 2 saturated heterocycles. The zero-order valence-corrected chi connectivity index (χ0v) is 10.6. The zero-order valence-electron chi connectivity index (χ0n) is 10.6. The topological polar surface area (TPSA) is 35.6 Å². The first-order chi connectivity index (χ1) is 8.57. The van der Waals surface area contributed by atoms with Crippen LogP contribution in [0.3, 0.4) is 0 Å². The molecule has 2 rings (SSSR count). The lowest BCUT2D eigenvalue weighted by molar-refractivity contribution is -0.142. The monoisotopic (exact) mass is 261 g/mol. The van der Waals surface area contributed by atoms with Gasteiger partial charge in [-0.2, -0.15) is 0 Å². The van der Waals surface area contributed by atoms with Gasteiger partial charge in [0.1, 0.15) is 0 Å². The van der Waals surface area contributed by atoms with Crippen LogP contribution in [-0.4, -0.2) is 67.4 Å². The molecule has 0 bridgehead atoms. The van der Waals surface area contributed by atoms with Crippen molar-refractivity contribution in [2.24, 2.45) is 0 Å². The first kappa shape index (κ1) is 13.7. The van der Waals surface area contributed by atoms with E-state index in [2.05, 4.69) is 10.2 Å². The highest BCUT2D eigenvalue weighted by Gasteiger charge is 2.36. The van der Waals surface area contributed by atoms with Gasteiger partial charge in [-0.3, -0.25) is 4.79 Å². The minimum absolute atomic E-state index is 0.0887. The average molecular weight is 261 g/mol. The molecular formula is C12H21F2N3O. The summed E-state index contributed by atoms with van der Waals surface area (Å²) < 4.78 is 26.4. The van der Waals surface area contributed by atoms with Crippen LogP contribution < -0.4 is 5.32 Å². The van der Waals surface area contributed by atoms with Crippen LogP contribution >= 0.6 is 0 Å². The van der Waals surface area contributed by atoms with Crippen molar-refractivity contribution >= 4 is 5.91 Å². The van der Waals surface area contributed by atoms with Crippen LogP contribution in [0.5, 0.6) is 0 Å². The zero-order chi connectivity index (χ0) is 13.0. The molecule has 0 radical (unpaired) electrons. The second-order valence-corrected chi connectivity index (χ2v) is 5.12. The number of hydrogen-bond donors (Lipinski definition) is 1. The molecule has 4 nitrogen and oxygen atoms in total. The second-order valence-electron chi connectivity index (χ2n) is 5.12. The summed E-state index contributed by atoms with van der Waals surface area (Å²) >= 11 is 0. The van der Waals surface area contributed by atoms with Crippen LogP contribution in [0.2, 0.25) is 0 Å². The minimum Gasteiger partial charge on any atom is -0.337 e. The van der Waals surface area contributed by atoms with E-state index < -0.39 is 12.5 Å². The van der Waals surface area contributed by atoms with Crippen LogP contribution in [0, 0.1) is 0 Å². The van der Waals surface area contributed by atoms with E-state index in [0.29, 0.717) is 25.9 Å². The van der Waals surface area contributed by atoms with E-state index in [1.54, 1.807) is 0 Å². The molecule has 1 N–H and O–H groups in total. The smallest absolute Gasteiger partial charge is 0.265 e. The molecule has 0 aromatic heterocycles. The third kappa shape index (κ3) is 3.88. The van der Waals surface area contributed by atoms with Gasteiger partial charge in [0.25, 0.3) is 5.92 Å². The number of likely N-dealkylation sites (tertiary alicyclic amines) is 1. The van der Waals surface area contributed by atoms with Crippen LogP contribution in [0.1, 0.15) is 19.3 Å². The van der Waals surface area contributed by atoms with Gasteiger partial charge in [0.15, 0.2) is 0 Å². The fourth-order valence-electron chi connectivity index (χ4n) is 2.53. The van der Waals surface area contributed by atoms with Crippen molar-refractivity contribution in [3.63, 3.8) is 0 Å². The van der Waals surface area contributed by atoms with Gasteiger partial charge in [-0.25, -0.2) is 8.78 Å². The fourth-order valence-corrected chi connectivity index (χ4v) is 2.53. The SMILES string of the molecule is O=C(CCN1CCNCC1)N1CCCC(F)(F)C1. The Labute approximate surface area is 106 Å². The standard InChI is InChI=1S/C12H21F2N3O/c13-12(14)3-1-6-17(10-12)11(18)2-7-16-8-4-15-5-9-16/h15H,1-10H2. The maximum Gasteiger partial charge on any atom is 0.265 e. The number of nitrogens with zero attached hydrogens (tertiary/aromatic N) is 2.